The molecule has 2 heterocycles. The third-order valence-corrected chi connectivity index (χ3v) is 4.08. The Bertz CT molecular complexity index is 416. The summed E-state index contributed by atoms with van der Waals surface area (Å²) in [5.74, 6) is 1.94. The van der Waals surface area contributed by atoms with Crippen LogP contribution in [0.25, 0.3) is 0 Å². The van der Waals surface area contributed by atoms with E-state index in [1.165, 1.54) is 29.9 Å². The van der Waals surface area contributed by atoms with E-state index in [0.717, 1.165) is 25.4 Å². The van der Waals surface area contributed by atoms with Crippen molar-refractivity contribution in [2.45, 2.75) is 52.6 Å². The van der Waals surface area contributed by atoms with Crippen molar-refractivity contribution in [3.8, 4) is 0 Å². The molecule has 0 aliphatic carbocycles. The number of piperidine rings is 1. The molecule has 3 heteroatoms. The summed E-state index contributed by atoms with van der Waals surface area (Å²) in [5, 5.41) is 3.24. The number of nitrogens with one attached hydrogen (secondary N) is 1. The van der Waals surface area contributed by atoms with Crippen molar-refractivity contribution >= 4 is 5.82 Å². The van der Waals surface area contributed by atoms with Gasteiger partial charge >= 0.3 is 0 Å². The Morgan fingerprint density at radius 2 is 2.11 bits per heavy atom. The normalized spacial score (nSPS) is 23.7. The topological polar surface area (TPSA) is 28.2 Å². The summed E-state index contributed by atoms with van der Waals surface area (Å²) in [5.41, 5.74) is 2.54. The van der Waals surface area contributed by atoms with Crippen LogP contribution in [0.2, 0.25) is 0 Å². The molecule has 2 rings (SSSR count). The van der Waals surface area contributed by atoms with Crippen molar-refractivity contribution in [3.63, 3.8) is 0 Å². The van der Waals surface area contributed by atoms with Crippen molar-refractivity contribution in [1.82, 2.24) is 10.3 Å². The fourth-order valence-corrected chi connectivity index (χ4v) is 2.88. The zero-order valence-corrected chi connectivity index (χ0v) is 12.7. The van der Waals surface area contributed by atoms with Gasteiger partial charge in [-0.1, -0.05) is 13.8 Å². The van der Waals surface area contributed by atoms with Gasteiger partial charge in [0.15, 0.2) is 0 Å². The van der Waals surface area contributed by atoms with E-state index in [1.54, 1.807) is 0 Å². The number of pyridine rings is 1. The van der Waals surface area contributed by atoms with E-state index in [2.05, 4.69) is 43.1 Å². The molecule has 0 aromatic carbocycles. The van der Waals surface area contributed by atoms with Crippen LogP contribution in [-0.4, -0.2) is 24.6 Å². The molecule has 0 amide bonds. The van der Waals surface area contributed by atoms with Gasteiger partial charge in [-0.15, -0.1) is 0 Å². The number of rotatable bonds is 4. The molecule has 1 N–H and O–H groups in total. The summed E-state index contributed by atoms with van der Waals surface area (Å²) >= 11 is 0. The summed E-state index contributed by atoms with van der Waals surface area (Å²) in [6.45, 7) is 8.90. The lowest BCUT2D eigenvalue weighted by Gasteiger charge is -2.38. The van der Waals surface area contributed by atoms with Crippen LogP contribution in [0, 0.1) is 5.92 Å². The Balaban J connectivity index is 2.28. The van der Waals surface area contributed by atoms with E-state index in [-0.39, 0.29) is 0 Å². The van der Waals surface area contributed by atoms with E-state index in [4.69, 9.17) is 4.98 Å². The standard InChI is InChI=1S/C16H27N3/c1-5-15-8-14(10-17-4)9-16(18-15)19-11-12(2)6-7-13(19)3/h8-9,12-13,17H,5-7,10-11H2,1-4H3. The molecule has 2 unspecified atom stereocenters. The van der Waals surface area contributed by atoms with Crippen LogP contribution in [0.5, 0.6) is 0 Å². The van der Waals surface area contributed by atoms with Gasteiger partial charge in [-0.25, -0.2) is 4.98 Å². The molecule has 1 fully saturated rings. The highest BCUT2D eigenvalue weighted by molar-refractivity contribution is 5.44. The second-order valence-corrected chi connectivity index (χ2v) is 5.89. The second-order valence-electron chi connectivity index (χ2n) is 5.89. The molecule has 2 atom stereocenters. The number of nitrogens with zero attached hydrogens (tertiary/aromatic N) is 2. The summed E-state index contributed by atoms with van der Waals surface area (Å²) in [7, 11) is 2.00. The van der Waals surface area contributed by atoms with Crippen LogP contribution < -0.4 is 10.2 Å². The molecule has 1 aliphatic rings. The molecule has 3 nitrogen and oxygen atoms in total. The highest BCUT2D eigenvalue weighted by atomic mass is 15.2. The number of aryl methyl sites for hydroxylation is 1. The first-order chi connectivity index (χ1) is 9.13. The van der Waals surface area contributed by atoms with Gasteiger partial charge in [0.25, 0.3) is 0 Å². The minimum absolute atomic E-state index is 0.609. The summed E-state index contributed by atoms with van der Waals surface area (Å²) in [6.07, 6.45) is 3.62. The van der Waals surface area contributed by atoms with Gasteiger partial charge in [-0.05, 0) is 56.8 Å². The second kappa shape index (κ2) is 6.38. The Kier molecular flexibility index (Phi) is 4.81. The zero-order chi connectivity index (χ0) is 13.8. The van der Waals surface area contributed by atoms with E-state index >= 15 is 0 Å². The molecule has 1 aromatic heterocycles. The van der Waals surface area contributed by atoms with E-state index in [1.807, 2.05) is 7.05 Å². The maximum absolute atomic E-state index is 4.84. The Labute approximate surface area is 117 Å². The van der Waals surface area contributed by atoms with Crippen LogP contribution in [0.15, 0.2) is 12.1 Å². The van der Waals surface area contributed by atoms with Crippen molar-refractivity contribution in [2.24, 2.45) is 5.92 Å². The summed E-state index contributed by atoms with van der Waals surface area (Å²) < 4.78 is 0. The average Bonchev–Trinajstić information content (AvgIpc) is 2.41. The third kappa shape index (κ3) is 3.47. The van der Waals surface area contributed by atoms with Crippen molar-refractivity contribution < 1.29 is 0 Å². The van der Waals surface area contributed by atoms with Gasteiger partial charge in [-0.3, -0.25) is 0 Å². The van der Waals surface area contributed by atoms with Gasteiger partial charge in [0, 0.05) is 24.8 Å². The van der Waals surface area contributed by atoms with Crippen LogP contribution in [0.3, 0.4) is 0 Å². The zero-order valence-electron chi connectivity index (χ0n) is 12.7. The predicted octanol–water partition coefficient (Wildman–Crippen LogP) is 2.99. The summed E-state index contributed by atoms with van der Waals surface area (Å²) in [6, 6.07) is 5.08. The Morgan fingerprint density at radius 3 is 2.79 bits per heavy atom. The highest BCUT2D eigenvalue weighted by Crippen LogP contribution is 2.27. The Hall–Kier alpha value is -1.09. The number of anilines is 1. The van der Waals surface area contributed by atoms with Gasteiger partial charge in [0.1, 0.15) is 5.82 Å². The first kappa shape index (κ1) is 14.3. The van der Waals surface area contributed by atoms with Gasteiger partial charge < -0.3 is 10.2 Å². The minimum atomic E-state index is 0.609. The predicted molar refractivity (Wildman–Crippen MR) is 81.6 cm³/mol. The van der Waals surface area contributed by atoms with E-state index < -0.39 is 0 Å². The van der Waals surface area contributed by atoms with Gasteiger partial charge in [-0.2, -0.15) is 0 Å². The van der Waals surface area contributed by atoms with Crippen LogP contribution >= 0.6 is 0 Å². The molecule has 1 aromatic rings. The molecule has 106 valence electrons. The average molecular weight is 261 g/mol. The van der Waals surface area contributed by atoms with E-state index in [9.17, 15) is 0 Å². The quantitative estimate of drug-likeness (QED) is 0.903. The summed E-state index contributed by atoms with van der Waals surface area (Å²) in [4.78, 5) is 7.33. The largest absolute Gasteiger partial charge is 0.354 e. The lowest BCUT2D eigenvalue weighted by molar-refractivity contribution is 0.388. The van der Waals surface area contributed by atoms with Crippen LogP contribution in [0.4, 0.5) is 5.82 Å². The van der Waals surface area contributed by atoms with Crippen molar-refractivity contribution in [3.05, 3.63) is 23.4 Å². The maximum atomic E-state index is 4.84. The highest BCUT2D eigenvalue weighted by Gasteiger charge is 2.24. The molecule has 1 aliphatic heterocycles. The first-order valence-corrected chi connectivity index (χ1v) is 7.55. The van der Waals surface area contributed by atoms with Gasteiger partial charge in [0.2, 0.25) is 0 Å². The number of aromatic nitrogens is 1. The van der Waals surface area contributed by atoms with Gasteiger partial charge in [0.05, 0.1) is 0 Å². The molecule has 0 bridgehead atoms. The fraction of sp³-hybridized carbons (Fsp3) is 0.688. The molecule has 0 radical (unpaired) electrons. The molecule has 19 heavy (non-hydrogen) atoms. The Morgan fingerprint density at radius 1 is 1.32 bits per heavy atom. The van der Waals surface area contributed by atoms with Crippen molar-refractivity contribution in [1.29, 1.82) is 0 Å². The first-order valence-electron chi connectivity index (χ1n) is 7.55. The third-order valence-electron chi connectivity index (χ3n) is 4.08. The van der Waals surface area contributed by atoms with E-state index in [0.29, 0.717) is 6.04 Å². The minimum Gasteiger partial charge on any atom is -0.354 e. The lowest BCUT2D eigenvalue weighted by atomic mass is 9.95. The number of hydrogen-bond acceptors (Lipinski definition) is 3. The van der Waals surface area contributed by atoms with Crippen LogP contribution in [0.1, 0.15) is 44.9 Å². The van der Waals surface area contributed by atoms with Crippen molar-refractivity contribution in [2.75, 3.05) is 18.5 Å². The smallest absolute Gasteiger partial charge is 0.129 e. The molecule has 0 saturated carbocycles. The molecular formula is C16H27N3. The monoisotopic (exact) mass is 261 g/mol. The van der Waals surface area contributed by atoms with Crippen LogP contribution in [-0.2, 0) is 13.0 Å². The molecule has 1 saturated heterocycles. The lowest BCUT2D eigenvalue weighted by Crippen LogP contribution is -2.41. The SMILES string of the molecule is CCc1cc(CNC)cc(N2CC(C)CCC2C)n1. The fourth-order valence-electron chi connectivity index (χ4n) is 2.88. The molecular weight excluding hydrogens is 234 g/mol. The maximum Gasteiger partial charge on any atom is 0.129 e. The molecule has 0 spiro atoms. The number of hydrogen-bond donors (Lipinski definition) is 1.